The van der Waals surface area contributed by atoms with Gasteiger partial charge in [-0.2, -0.15) is 0 Å². The van der Waals surface area contributed by atoms with Crippen LogP contribution in [-0.4, -0.2) is 55.9 Å². The molecule has 0 bridgehead atoms. The summed E-state index contributed by atoms with van der Waals surface area (Å²) in [5.74, 6) is 2.09. The Balaban J connectivity index is 0.00000196. The van der Waals surface area contributed by atoms with Gasteiger partial charge in [-0.05, 0) is 31.9 Å². The fourth-order valence-electron chi connectivity index (χ4n) is 3.76. The zero-order valence-electron chi connectivity index (χ0n) is 14.7. The molecule has 138 valence electrons. The van der Waals surface area contributed by atoms with Crippen LogP contribution in [0.15, 0.2) is 18.2 Å². The van der Waals surface area contributed by atoms with Gasteiger partial charge >= 0.3 is 0 Å². The lowest BCUT2D eigenvalue weighted by atomic mass is 9.99. The number of hydrogen-bond donors (Lipinski definition) is 1. The van der Waals surface area contributed by atoms with Crippen LogP contribution < -0.4 is 14.8 Å². The molecule has 1 unspecified atom stereocenters. The number of nitrogens with zero attached hydrogens (tertiary/aromatic N) is 1. The van der Waals surface area contributed by atoms with E-state index in [-0.39, 0.29) is 25.5 Å². The summed E-state index contributed by atoms with van der Waals surface area (Å²) in [6.07, 6.45) is 2.81. The Morgan fingerprint density at radius 1 is 1.32 bits per heavy atom. The maximum atomic E-state index is 12.6. The van der Waals surface area contributed by atoms with Gasteiger partial charge in [0.05, 0.1) is 18.8 Å². The van der Waals surface area contributed by atoms with Crippen LogP contribution in [0.5, 0.6) is 11.5 Å². The summed E-state index contributed by atoms with van der Waals surface area (Å²) in [5, 5.41) is 3.37. The highest BCUT2D eigenvalue weighted by Crippen LogP contribution is 2.33. The summed E-state index contributed by atoms with van der Waals surface area (Å²) in [7, 11) is 0. The van der Waals surface area contributed by atoms with E-state index in [1.807, 2.05) is 30.0 Å². The average Bonchev–Trinajstić information content (AvgIpc) is 3.10. The molecule has 3 aliphatic heterocycles. The third-order valence-electron chi connectivity index (χ3n) is 5.19. The molecule has 1 aromatic rings. The number of amides is 1. The first kappa shape index (κ1) is 16.5. The molecule has 3 heterocycles. The van der Waals surface area contributed by atoms with Gasteiger partial charge < -0.3 is 24.4 Å². The minimum Gasteiger partial charge on any atom is -0.488 e. The highest BCUT2D eigenvalue weighted by Gasteiger charge is 2.32. The van der Waals surface area contributed by atoms with Gasteiger partial charge in [0.25, 0.3) is 0 Å². The molecule has 0 spiro atoms. The van der Waals surface area contributed by atoms with Gasteiger partial charge in [-0.25, -0.2) is 0 Å². The molecule has 3 aliphatic rings. The smallest absolute Gasteiger partial charge is 0.225 e. The van der Waals surface area contributed by atoms with E-state index in [0.29, 0.717) is 19.8 Å². The lowest BCUT2D eigenvalue weighted by Crippen LogP contribution is -2.38. The minimum atomic E-state index is 0. The standard InChI is InChI=1S/C19H26N2O4.H2/c1-13-11-20-17-10-15(2-3-18(17)24-13)25-16-4-7-21(12-16)19(22)14-5-8-23-9-6-14;/h2-3,10,13-14,16,20H,4-9,11-12H2,1H3;1H/t13?,16-;/m0./s1. The molecule has 1 amide bonds. The fourth-order valence-corrected chi connectivity index (χ4v) is 3.76. The Morgan fingerprint density at radius 2 is 2.16 bits per heavy atom. The van der Waals surface area contributed by atoms with Crippen molar-refractivity contribution in [3.8, 4) is 11.5 Å². The van der Waals surface area contributed by atoms with E-state index in [4.69, 9.17) is 14.2 Å². The number of carbonyl (C=O) groups excluding carboxylic acids is 1. The second-order valence-corrected chi connectivity index (χ2v) is 7.17. The largest absolute Gasteiger partial charge is 0.488 e. The summed E-state index contributed by atoms with van der Waals surface area (Å²) in [4.78, 5) is 14.6. The molecular weight excluding hydrogens is 320 g/mol. The van der Waals surface area contributed by atoms with Crippen molar-refractivity contribution in [2.45, 2.75) is 38.4 Å². The number of carbonyl (C=O) groups is 1. The van der Waals surface area contributed by atoms with E-state index >= 15 is 0 Å². The maximum Gasteiger partial charge on any atom is 0.225 e. The number of fused-ring (bicyclic) bond motifs is 1. The van der Waals surface area contributed by atoms with Crippen LogP contribution in [0.2, 0.25) is 0 Å². The van der Waals surface area contributed by atoms with Crippen LogP contribution in [0.1, 0.15) is 27.6 Å². The lowest BCUT2D eigenvalue weighted by Gasteiger charge is -2.27. The Kier molecular flexibility index (Phi) is 4.70. The first-order chi connectivity index (χ1) is 12.2. The molecule has 0 aliphatic carbocycles. The van der Waals surface area contributed by atoms with Crippen molar-refractivity contribution in [2.24, 2.45) is 5.92 Å². The number of ether oxygens (including phenoxy) is 3. The Morgan fingerprint density at radius 3 is 3.00 bits per heavy atom. The van der Waals surface area contributed by atoms with Crippen molar-refractivity contribution in [2.75, 3.05) is 38.2 Å². The second kappa shape index (κ2) is 7.12. The summed E-state index contributed by atoms with van der Waals surface area (Å²) >= 11 is 0. The van der Waals surface area contributed by atoms with Crippen molar-refractivity contribution in [3.05, 3.63) is 18.2 Å². The van der Waals surface area contributed by atoms with Gasteiger partial charge in [0, 0.05) is 39.6 Å². The summed E-state index contributed by atoms with van der Waals surface area (Å²) in [5.41, 5.74) is 0.976. The molecule has 2 atom stereocenters. The molecule has 0 radical (unpaired) electrons. The normalized spacial score (nSPS) is 26.5. The van der Waals surface area contributed by atoms with Gasteiger partial charge in [0.1, 0.15) is 23.7 Å². The zero-order valence-corrected chi connectivity index (χ0v) is 14.7. The first-order valence-corrected chi connectivity index (χ1v) is 9.27. The Labute approximate surface area is 149 Å². The van der Waals surface area contributed by atoms with Crippen molar-refractivity contribution in [3.63, 3.8) is 0 Å². The number of nitrogens with one attached hydrogen (secondary N) is 1. The van der Waals surface area contributed by atoms with Crippen molar-refractivity contribution in [1.29, 1.82) is 0 Å². The molecule has 2 fully saturated rings. The predicted octanol–water partition coefficient (Wildman–Crippen LogP) is 2.53. The van der Waals surface area contributed by atoms with E-state index in [1.165, 1.54) is 0 Å². The van der Waals surface area contributed by atoms with Crippen molar-refractivity contribution in [1.82, 2.24) is 4.90 Å². The number of anilines is 1. The van der Waals surface area contributed by atoms with Gasteiger partial charge in [0.15, 0.2) is 0 Å². The topological polar surface area (TPSA) is 60.0 Å². The van der Waals surface area contributed by atoms with E-state index in [1.54, 1.807) is 0 Å². The van der Waals surface area contributed by atoms with Crippen molar-refractivity contribution < 1.29 is 20.4 Å². The van der Waals surface area contributed by atoms with E-state index in [0.717, 1.165) is 49.5 Å². The zero-order chi connectivity index (χ0) is 17.2. The molecule has 1 N–H and O–H groups in total. The monoisotopic (exact) mass is 348 g/mol. The van der Waals surface area contributed by atoms with E-state index in [9.17, 15) is 4.79 Å². The van der Waals surface area contributed by atoms with Crippen LogP contribution >= 0.6 is 0 Å². The van der Waals surface area contributed by atoms with Crippen LogP contribution in [0, 0.1) is 5.92 Å². The van der Waals surface area contributed by atoms with Crippen LogP contribution in [0.25, 0.3) is 0 Å². The molecule has 6 heteroatoms. The molecular formula is C19H28N2O4. The molecule has 4 rings (SSSR count). The highest BCUT2D eigenvalue weighted by molar-refractivity contribution is 5.79. The van der Waals surface area contributed by atoms with E-state index in [2.05, 4.69) is 5.32 Å². The fraction of sp³-hybridized carbons (Fsp3) is 0.632. The van der Waals surface area contributed by atoms with E-state index < -0.39 is 0 Å². The third-order valence-corrected chi connectivity index (χ3v) is 5.19. The van der Waals surface area contributed by atoms with Gasteiger partial charge in [-0.15, -0.1) is 0 Å². The molecule has 2 saturated heterocycles. The van der Waals surface area contributed by atoms with Crippen molar-refractivity contribution >= 4 is 11.6 Å². The van der Waals surface area contributed by atoms with Crippen LogP contribution in [0.4, 0.5) is 5.69 Å². The molecule has 6 nitrogen and oxygen atoms in total. The first-order valence-electron chi connectivity index (χ1n) is 9.27. The maximum absolute atomic E-state index is 12.6. The average molecular weight is 348 g/mol. The summed E-state index contributed by atoms with van der Waals surface area (Å²) in [6.45, 7) is 5.70. The van der Waals surface area contributed by atoms with Gasteiger partial charge in [0.2, 0.25) is 5.91 Å². The molecule has 25 heavy (non-hydrogen) atoms. The highest BCUT2D eigenvalue weighted by atomic mass is 16.5. The predicted molar refractivity (Wildman–Crippen MR) is 96.3 cm³/mol. The number of likely N-dealkylation sites (tertiary alicyclic amines) is 1. The molecule has 1 aromatic carbocycles. The minimum absolute atomic E-state index is 0. The quantitative estimate of drug-likeness (QED) is 0.910. The van der Waals surface area contributed by atoms with Gasteiger partial charge in [-0.3, -0.25) is 4.79 Å². The molecule has 0 aromatic heterocycles. The van der Waals surface area contributed by atoms with Gasteiger partial charge in [-0.1, -0.05) is 0 Å². The summed E-state index contributed by atoms with van der Waals surface area (Å²) < 4.78 is 17.3. The number of hydrogen-bond acceptors (Lipinski definition) is 5. The SMILES string of the molecule is CC1CNc2cc(O[C@H]3CCN(C(=O)C4CCOCC4)C3)ccc2O1.[HH]. The number of benzene rings is 1. The Hall–Kier alpha value is -1.95. The van der Waals surface area contributed by atoms with Crippen LogP contribution in [0.3, 0.4) is 0 Å². The van der Waals surface area contributed by atoms with Crippen LogP contribution in [-0.2, 0) is 9.53 Å². The Bertz CT molecular complexity index is 636. The molecule has 0 saturated carbocycles. The summed E-state index contributed by atoms with van der Waals surface area (Å²) in [6, 6.07) is 5.89. The third kappa shape index (κ3) is 3.68. The lowest BCUT2D eigenvalue weighted by molar-refractivity contribution is -0.137. The number of rotatable bonds is 3. The second-order valence-electron chi connectivity index (χ2n) is 7.17.